The van der Waals surface area contributed by atoms with E-state index in [1.807, 2.05) is 0 Å². The number of fused-ring (bicyclic) bond motifs is 2. The standard InChI is InChI=1S/C21H21ClN2O4S2/c22-19-4-5-21(29-19)30(26,27)24-8-6-23(7-9-24)20(25)12-16-13-28-18-11-15-3-1-2-14(15)10-17(16)18/h4-5,10-11,13H,1-3,6-9,12H2. The molecule has 6 nitrogen and oxygen atoms in total. The molecule has 3 heterocycles. The highest BCUT2D eigenvalue weighted by molar-refractivity contribution is 7.91. The largest absolute Gasteiger partial charge is 0.464 e. The van der Waals surface area contributed by atoms with Gasteiger partial charge >= 0.3 is 0 Å². The number of halogens is 1. The third-order valence-corrected chi connectivity index (χ3v) is 9.54. The molecule has 1 amide bonds. The van der Waals surface area contributed by atoms with Gasteiger partial charge in [0.2, 0.25) is 5.91 Å². The molecule has 1 aromatic carbocycles. The molecule has 0 N–H and O–H groups in total. The van der Waals surface area contributed by atoms with E-state index < -0.39 is 10.0 Å². The summed E-state index contributed by atoms with van der Waals surface area (Å²) < 4.78 is 33.3. The minimum absolute atomic E-state index is 0.00517. The van der Waals surface area contributed by atoms with Gasteiger partial charge in [0.1, 0.15) is 9.79 Å². The Bertz CT molecular complexity index is 1220. The van der Waals surface area contributed by atoms with Crippen molar-refractivity contribution in [2.75, 3.05) is 26.2 Å². The fourth-order valence-corrected chi connectivity index (χ4v) is 7.36. The molecule has 1 aliphatic carbocycles. The third-order valence-electron chi connectivity index (χ3n) is 5.94. The van der Waals surface area contributed by atoms with Crippen LogP contribution in [-0.4, -0.2) is 49.7 Å². The number of nitrogens with zero attached hydrogens (tertiary/aromatic N) is 2. The highest BCUT2D eigenvalue weighted by atomic mass is 35.5. The maximum atomic E-state index is 12.9. The number of thiophene rings is 1. The van der Waals surface area contributed by atoms with Crippen LogP contribution in [0.3, 0.4) is 0 Å². The molecule has 1 fully saturated rings. The normalized spacial score (nSPS) is 17.6. The second-order valence-corrected chi connectivity index (χ2v) is 11.6. The maximum Gasteiger partial charge on any atom is 0.252 e. The Morgan fingerprint density at radius 1 is 1.10 bits per heavy atom. The fraction of sp³-hybridized carbons (Fsp3) is 0.381. The minimum Gasteiger partial charge on any atom is -0.464 e. The lowest BCUT2D eigenvalue weighted by molar-refractivity contribution is -0.131. The van der Waals surface area contributed by atoms with Gasteiger partial charge in [-0.1, -0.05) is 11.6 Å². The number of carbonyl (C=O) groups excluding carboxylic acids is 1. The molecule has 0 bridgehead atoms. The summed E-state index contributed by atoms with van der Waals surface area (Å²) in [5.74, 6) is -0.00517. The summed E-state index contributed by atoms with van der Waals surface area (Å²) in [6.07, 6.45) is 5.28. The molecule has 0 atom stereocenters. The SMILES string of the molecule is O=C(Cc1coc2cc3c(cc12)CCC3)N1CCN(S(=O)(=O)c2ccc(Cl)s2)CC1. The van der Waals surface area contributed by atoms with Gasteiger partial charge < -0.3 is 9.32 Å². The Morgan fingerprint density at radius 2 is 1.83 bits per heavy atom. The van der Waals surface area contributed by atoms with E-state index in [2.05, 4.69) is 12.1 Å². The van der Waals surface area contributed by atoms with Gasteiger partial charge in [-0.05, 0) is 54.7 Å². The number of hydrogen-bond donors (Lipinski definition) is 0. The molecular weight excluding hydrogens is 444 g/mol. The topological polar surface area (TPSA) is 70.8 Å². The molecule has 0 saturated carbocycles. The number of sulfonamides is 1. The van der Waals surface area contributed by atoms with Crippen LogP contribution in [0.5, 0.6) is 0 Å². The molecule has 30 heavy (non-hydrogen) atoms. The van der Waals surface area contributed by atoms with Crippen LogP contribution in [0.15, 0.2) is 39.2 Å². The molecule has 0 radical (unpaired) electrons. The zero-order chi connectivity index (χ0) is 20.9. The number of furan rings is 1. The van der Waals surface area contributed by atoms with Gasteiger partial charge in [0.25, 0.3) is 10.0 Å². The molecule has 2 aliphatic rings. The van der Waals surface area contributed by atoms with Crippen molar-refractivity contribution in [2.24, 2.45) is 0 Å². The van der Waals surface area contributed by atoms with Crippen LogP contribution in [0.1, 0.15) is 23.1 Å². The summed E-state index contributed by atoms with van der Waals surface area (Å²) in [5.41, 5.74) is 4.43. The van der Waals surface area contributed by atoms with Gasteiger partial charge in [-0.25, -0.2) is 8.42 Å². The van der Waals surface area contributed by atoms with E-state index in [4.69, 9.17) is 16.0 Å². The molecule has 3 aromatic rings. The fourth-order valence-electron chi connectivity index (χ4n) is 4.30. The smallest absolute Gasteiger partial charge is 0.252 e. The van der Waals surface area contributed by atoms with Crippen LogP contribution in [-0.2, 0) is 34.1 Å². The molecular formula is C21H21ClN2O4S2. The number of rotatable bonds is 4. The van der Waals surface area contributed by atoms with Gasteiger partial charge in [-0.2, -0.15) is 4.31 Å². The number of carbonyl (C=O) groups is 1. The molecule has 1 aliphatic heterocycles. The zero-order valence-corrected chi connectivity index (χ0v) is 18.7. The van der Waals surface area contributed by atoms with Crippen molar-refractivity contribution in [2.45, 2.75) is 29.9 Å². The van der Waals surface area contributed by atoms with Gasteiger partial charge in [-0.15, -0.1) is 11.3 Å². The molecule has 0 spiro atoms. The number of piperazine rings is 1. The summed E-state index contributed by atoms with van der Waals surface area (Å²) in [4.78, 5) is 14.6. The number of benzene rings is 1. The van der Waals surface area contributed by atoms with Crippen LogP contribution in [0, 0.1) is 0 Å². The van der Waals surface area contributed by atoms with E-state index in [0.29, 0.717) is 17.4 Å². The Kier molecular flexibility index (Phi) is 5.13. The predicted molar refractivity (Wildman–Crippen MR) is 117 cm³/mol. The first-order chi connectivity index (χ1) is 14.4. The molecule has 5 rings (SSSR count). The molecule has 2 aromatic heterocycles. The van der Waals surface area contributed by atoms with E-state index in [1.54, 1.807) is 17.2 Å². The number of amides is 1. The molecule has 0 unspecified atom stereocenters. The van der Waals surface area contributed by atoms with Crippen LogP contribution < -0.4 is 0 Å². The van der Waals surface area contributed by atoms with Crippen LogP contribution in [0.25, 0.3) is 11.0 Å². The molecule has 9 heteroatoms. The van der Waals surface area contributed by atoms with Crippen molar-refractivity contribution in [3.8, 4) is 0 Å². The van der Waals surface area contributed by atoms with E-state index >= 15 is 0 Å². The van der Waals surface area contributed by atoms with Crippen molar-refractivity contribution in [3.05, 3.63) is 51.6 Å². The van der Waals surface area contributed by atoms with E-state index in [1.165, 1.54) is 27.9 Å². The lowest BCUT2D eigenvalue weighted by atomic mass is 10.0. The van der Waals surface area contributed by atoms with Crippen molar-refractivity contribution in [1.82, 2.24) is 9.21 Å². The second-order valence-electron chi connectivity index (χ2n) is 7.75. The molecule has 158 valence electrons. The van der Waals surface area contributed by atoms with Gasteiger partial charge in [-0.3, -0.25) is 4.79 Å². The van der Waals surface area contributed by atoms with Crippen LogP contribution in [0.2, 0.25) is 4.34 Å². The third kappa shape index (κ3) is 3.56. The zero-order valence-electron chi connectivity index (χ0n) is 16.3. The van der Waals surface area contributed by atoms with Crippen LogP contribution in [0.4, 0.5) is 0 Å². The summed E-state index contributed by atoms with van der Waals surface area (Å²) in [7, 11) is -3.56. The highest BCUT2D eigenvalue weighted by Gasteiger charge is 2.31. The first-order valence-corrected chi connectivity index (χ1v) is 12.6. The highest BCUT2D eigenvalue weighted by Crippen LogP contribution is 2.31. The summed E-state index contributed by atoms with van der Waals surface area (Å²) in [6, 6.07) is 7.39. The minimum atomic E-state index is -3.56. The van der Waals surface area contributed by atoms with Gasteiger partial charge in [0, 0.05) is 37.1 Å². The lowest BCUT2D eigenvalue weighted by Gasteiger charge is -2.33. The van der Waals surface area contributed by atoms with E-state index in [-0.39, 0.29) is 29.6 Å². The van der Waals surface area contributed by atoms with Crippen molar-refractivity contribution in [1.29, 1.82) is 0 Å². The predicted octanol–water partition coefficient (Wildman–Crippen LogP) is 3.71. The average molecular weight is 465 g/mol. The number of aryl methyl sites for hydroxylation is 2. The van der Waals surface area contributed by atoms with Crippen molar-refractivity contribution >= 4 is 49.8 Å². The molecule has 1 saturated heterocycles. The van der Waals surface area contributed by atoms with Gasteiger partial charge in [0.05, 0.1) is 17.0 Å². The quantitative estimate of drug-likeness (QED) is 0.590. The Hall–Kier alpha value is -1.87. The van der Waals surface area contributed by atoms with Crippen LogP contribution >= 0.6 is 22.9 Å². The average Bonchev–Trinajstić information content (AvgIpc) is 3.47. The number of hydrogen-bond acceptors (Lipinski definition) is 5. The first-order valence-electron chi connectivity index (χ1n) is 9.97. The maximum absolute atomic E-state index is 12.9. The van der Waals surface area contributed by atoms with E-state index in [9.17, 15) is 13.2 Å². The second kappa shape index (κ2) is 7.67. The van der Waals surface area contributed by atoms with Gasteiger partial charge in [0.15, 0.2) is 0 Å². The van der Waals surface area contributed by atoms with Crippen molar-refractivity contribution in [3.63, 3.8) is 0 Å². The Morgan fingerprint density at radius 3 is 2.53 bits per heavy atom. The monoisotopic (exact) mass is 464 g/mol. The van der Waals surface area contributed by atoms with Crippen molar-refractivity contribution < 1.29 is 17.6 Å². The van der Waals surface area contributed by atoms with E-state index in [0.717, 1.165) is 40.7 Å². The summed E-state index contributed by atoms with van der Waals surface area (Å²) >= 11 is 6.94. The summed E-state index contributed by atoms with van der Waals surface area (Å²) in [5, 5.41) is 1.01. The Labute approximate surface area is 184 Å². The Balaban J connectivity index is 1.26. The summed E-state index contributed by atoms with van der Waals surface area (Å²) in [6.45, 7) is 1.32. The lowest BCUT2D eigenvalue weighted by Crippen LogP contribution is -2.50. The first kappa shape index (κ1) is 20.1.